The van der Waals surface area contributed by atoms with Crippen molar-refractivity contribution in [3.63, 3.8) is 0 Å². The highest BCUT2D eigenvalue weighted by Crippen LogP contribution is 2.34. The van der Waals surface area contributed by atoms with Gasteiger partial charge in [0, 0.05) is 24.8 Å². The van der Waals surface area contributed by atoms with E-state index in [1.165, 1.54) is 0 Å². The van der Waals surface area contributed by atoms with Gasteiger partial charge in [0.1, 0.15) is 0 Å². The molecule has 1 aliphatic rings. The first-order chi connectivity index (χ1) is 9.01. The molecule has 1 aromatic rings. The third-order valence-corrected chi connectivity index (χ3v) is 3.46. The van der Waals surface area contributed by atoms with Crippen molar-refractivity contribution in [2.75, 3.05) is 24.5 Å². The average molecular weight is 272 g/mol. The molecule has 0 spiro atoms. The summed E-state index contributed by atoms with van der Waals surface area (Å²) in [6.07, 6.45) is -4.00. The van der Waals surface area contributed by atoms with Crippen LogP contribution in [-0.4, -0.2) is 25.8 Å². The maximum absolute atomic E-state index is 12.3. The van der Waals surface area contributed by atoms with Crippen LogP contribution in [-0.2, 0) is 0 Å². The average Bonchev–Trinajstić information content (AvgIpc) is 2.37. The number of nitrogens with zero attached hydrogens (tertiary/aromatic N) is 1. The molecule has 1 aromatic carbocycles. The fourth-order valence-electron chi connectivity index (χ4n) is 2.58. The zero-order valence-corrected chi connectivity index (χ0v) is 11.0. The third kappa shape index (κ3) is 3.62. The fraction of sp³-hybridized carbons (Fsp3) is 0.571. The molecule has 19 heavy (non-hydrogen) atoms. The highest BCUT2D eigenvalue weighted by Gasteiger charge is 2.30. The second kappa shape index (κ2) is 5.82. The smallest absolute Gasteiger partial charge is 0.371 e. The van der Waals surface area contributed by atoms with Gasteiger partial charge in [-0.15, -0.1) is 0 Å². The second-order valence-electron chi connectivity index (χ2n) is 4.81. The number of anilines is 1. The van der Waals surface area contributed by atoms with Crippen LogP contribution < -0.4 is 10.2 Å². The van der Waals surface area contributed by atoms with Crippen molar-refractivity contribution in [3.05, 3.63) is 29.8 Å². The van der Waals surface area contributed by atoms with Gasteiger partial charge in [0.2, 0.25) is 0 Å². The van der Waals surface area contributed by atoms with Crippen LogP contribution in [0.5, 0.6) is 0 Å². The number of hydrogen-bond donors (Lipinski definition) is 1. The van der Waals surface area contributed by atoms with Gasteiger partial charge in [-0.1, -0.05) is 25.1 Å². The van der Waals surface area contributed by atoms with Gasteiger partial charge in [-0.25, -0.2) is 0 Å². The number of benzene rings is 1. The predicted octanol–water partition coefficient (Wildman–Crippen LogP) is 3.50. The molecule has 1 unspecified atom stereocenters. The Hall–Kier alpha value is -1.23. The molecule has 0 radical (unpaired) electrons. The van der Waals surface area contributed by atoms with Crippen LogP contribution in [0, 0.1) is 0 Å². The molecule has 5 heteroatoms. The molecule has 0 amide bonds. The summed E-state index contributed by atoms with van der Waals surface area (Å²) in [4.78, 5) is 1.84. The molecule has 106 valence electrons. The van der Waals surface area contributed by atoms with E-state index in [1.807, 2.05) is 36.1 Å². The predicted molar refractivity (Wildman–Crippen MR) is 70.4 cm³/mol. The Bertz CT molecular complexity index is 417. The second-order valence-corrected chi connectivity index (χ2v) is 4.81. The third-order valence-electron chi connectivity index (χ3n) is 3.46. The minimum atomic E-state index is -4.09. The molecule has 2 nitrogen and oxygen atoms in total. The number of hydrogen-bond acceptors (Lipinski definition) is 2. The Morgan fingerprint density at radius 1 is 1.32 bits per heavy atom. The topological polar surface area (TPSA) is 15.3 Å². The van der Waals surface area contributed by atoms with E-state index in [2.05, 4.69) is 5.32 Å². The van der Waals surface area contributed by atoms with Crippen LogP contribution in [0.1, 0.15) is 31.4 Å². The Balaban J connectivity index is 2.13. The molecule has 0 bridgehead atoms. The molecule has 0 aromatic heterocycles. The Morgan fingerprint density at radius 2 is 2.05 bits per heavy atom. The van der Waals surface area contributed by atoms with Crippen LogP contribution in [0.25, 0.3) is 0 Å². The van der Waals surface area contributed by atoms with Crippen LogP contribution in [0.3, 0.4) is 0 Å². The number of para-hydroxylation sites is 1. The summed E-state index contributed by atoms with van der Waals surface area (Å²) in [5.41, 5.74) is 2.04. The number of fused-ring (bicyclic) bond motifs is 1. The Morgan fingerprint density at radius 3 is 2.74 bits per heavy atom. The quantitative estimate of drug-likeness (QED) is 0.902. The lowest BCUT2D eigenvalue weighted by molar-refractivity contribution is -0.132. The normalized spacial score (nSPS) is 19.4. The van der Waals surface area contributed by atoms with E-state index >= 15 is 0 Å². The van der Waals surface area contributed by atoms with Gasteiger partial charge in [-0.2, -0.15) is 13.2 Å². The minimum Gasteiger partial charge on any atom is -0.371 e. The summed E-state index contributed by atoms with van der Waals surface area (Å²) >= 11 is 0. The molecule has 0 aliphatic carbocycles. The van der Waals surface area contributed by atoms with Gasteiger partial charge in [0.25, 0.3) is 0 Å². The number of nitrogens with one attached hydrogen (secondary N) is 1. The molecular formula is C14H19F3N2. The monoisotopic (exact) mass is 272 g/mol. The summed E-state index contributed by atoms with van der Waals surface area (Å²) in [5, 5.41) is 3.38. The zero-order chi connectivity index (χ0) is 13.9. The van der Waals surface area contributed by atoms with E-state index in [9.17, 15) is 13.2 Å². The van der Waals surface area contributed by atoms with E-state index in [0.717, 1.165) is 24.2 Å². The molecule has 0 saturated carbocycles. The maximum atomic E-state index is 12.3. The lowest BCUT2D eigenvalue weighted by Crippen LogP contribution is -2.37. The van der Waals surface area contributed by atoms with E-state index in [0.29, 0.717) is 6.54 Å². The largest absolute Gasteiger partial charge is 0.390 e. The Labute approximate surface area is 111 Å². The van der Waals surface area contributed by atoms with Gasteiger partial charge in [-0.05, 0) is 24.6 Å². The van der Waals surface area contributed by atoms with Gasteiger partial charge < -0.3 is 10.2 Å². The summed E-state index contributed by atoms with van der Waals surface area (Å²) in [6.45, 7) is 3.62. The van der Waals surface area contributed by atoms with E-state index in [-0.39, 0.29) is 12.6 Å². The van der Waals surface area contributed by atoms with Crippen LogP contribution in [0.15, 0.2) is 24.3 Å². The molecule has 1 aliphatic heterocycles. The van der Waals surface area contributed by atoms with Gasteiger partial charge >= 0.3 is 6.18 Å². The summed E-state index contributed by atoms with van der Waals surface area (Å²) in [6, 6.07) is 7.99. The van der Waals surface area contributed by atoms with Crippen molar-refractivity contribution < 1.29 is 13.2 Å². The van der Waals surface area contributed by atoms with E-state index in [4.69, 9.17) is 0 Å². The van der Waals surface area contributed by atoms with Crippen molar-refractivity contribution in [2.24, 2.45) is 0 Å². The maximum Gasteiger partial charge on any atom is 0.390 e. The van der Waals surface area contributed by atoms with E-state index < -0.39 is 12.6 Å². The highest BCUT2D eigenvalue weighted by atomic mass is 19.4. The highest BCUT2D eigenvalue weighted by molar-refractivity contribution is 5.56. The van der Waals surface area contributed by atoms with Crippen molar-refractivity contribution in [1.82, 2.24) is 5.32 Å². The van der Waals surface area contributed by atoms with E-state index in [1.54, 1.807) is 0 Å². The minimum absolute atomic E-state index is 0.0410. The first-order valence-corrected chi connectivity index (χ1v) is 6.65. The van der Waals surface area contributed by atoms with Gasteiger partial charge in [0.05, 0.1) is 6.42 Å². The molecule has 2 rings (SSSR count). The summed E-state index contributed by atoms with van der Waals surface area (Å²) < 4.78 is 37.0. The van der Waals surface area contributed by atoms with Gasteiger partial charge in [0.15, 0.2) is 0 Å². The van der Waals surface area contributed by atoms with Crippen LogP contribution >= 0.6 is 0 Å². The van der Waals surface area contributed by atoms with Crippen molar-refractivity contribution in [1.29, 1.82) is 0 Å². The Kier molecular flexibility index (Phi) is 4.34. The van der Waals surface area contributed by atoms with Crippen molar-refractivity contribution >= 4 is 5.69 Å². The first-order valence-electron chi connectivity index (χ1n) is 6.65. The number of alkyl halides is 3. The molecule has 0 fully saturated rings. The lowest BCUT2D eigenvalue weighted by Gasteiger charge is -2.36. The van der Waals surface area contributed by atoms with Crippen LogP contribution in [0.2, 0.25) is 0 Å². The molecule has 0 saturated heterocycles. The number of rotatable bonds is 4. The lowest BCUT2D eigenvalue weighted by atomic mass is 9.96. The zero-order valence-electron chi connectivity index (χ0n) is 11.0. The summed E-state index contributed by atoms with van der Waals surface area (Å²) in [5.74, 6) is 0. The fourth-order valence-corrected chi connectivity index (χ4v) is 2.58. The van der Waals surface area contributed by atoms with Crippen molar-refractivity contribution in [2.45, 2.75) is 32.0 Å². The van der Waals surface area contributed by atoms with Crippen LogP contribution in [0.4, 0.5) is 18.9 Å². The first kappa shape index (κ1) is 14.2. The molecule has 1 heterocycles. The summed E-state index contributed by atoms with van der Waals surface area (Å²) in [7, 11) is 0. The van der Waals surface area contributed by atoms with Gasteiger partial charge in [-0.3, -0.25) is 0 Å². The molecular weight excluding hydrogens is 253 g/mol. The molecule has 1 N–H and O–H groups in total. The molecule has 1 atom stereocenters. The SMILES string of the molecule is CCNC1CCN(CCC(F)(F)F)c2ccccc21. The number of halogens is 3. The standard InChI is InChI=1S/C14H19F3N2/c1-2-18-12-7-9-19(10-8-14(15,16)17)13-6-4-3-5-11(12)13/h3-6,12,18H,2,7-10H2,1H3. The van der Waals surface area contributed by atoms with Crippen molar-refractivity contribution in [3.8, 4) is 0 Å².